The van der Waals surface area contributed by atoms with Crippen molar-refractivity contribution in [2.75, 3.05) is 4.90 Å². The van der Waals surface area contributed by atoms with Crippen LogP contribution >= 0.6 is 0 Å². The molecule has 0 fully saturated rings. The Kier molecular flexibility index (Phi) is 7.07. The van der Waals surface area contributed by atoms with Gasteiger partial charge in [-0.05, 0) is 107 Å². The van der Waals surface area contributed by atoms with Crippen molar-refractivity contribution in [3.8, 4) is 39.2 Å². The molecule has 1 heterocycles. The van der Waals surface area contributed by atoms with Crippen LogP contribution in [0.1, 0.15) is 30.5 Å². The van der Waals surface area contributed by atoms with Gasteiger partial charge in [-0.15, -0.1) is 0 Å². The van der Waals surface area contributed by atoms with Gasteiger partial charge in [-0.2, -0.15) is 0 Å². The molecule has 1 aliphatic carbocycles. The summed E-state index contributed by atoms with van der Waals surface area (Å²) in [6.45, 7) is 6.93. The minimum Gasteiger partial charge on any atom is -0.311 e. The standard InChI is InChI=1S/C48H38N2/c1-33-13-12-18-41(31-33)50-45-30-25-37(32-43(45)46-47(50)42-19-10-11-20-44(42)48(46,2)3)36-23-28-40(29-24-36)49(38-16-8-5-9-17-38)39-26-21-35(22-27-39)34-14-6-4-7-15-34/h4-32H,1-3H3. The number of hydrogen-bond acceptors (Lipinski definition) is 1. The van der Waals surface area contributed by atoms with Crippen LogP contribution in [0, 0.1) is 6.92 Å². The zero-order chi connectivity index (χ0) is 33.8. The summed E-state index contributed by atoms with van der Waals surface area (Å²) in [5, 5.41) is 1.31. The third-order valence-electron chi connectivity index (χ3n) is 10.4. The lowest BCUT2D eigenvalue weighted by Crippen LogP contribution is -2.14. The van der Waals surface area contributed by atoms with Gasteiger partial charge in [0.05, 0.1) is 11.2 Å². The molecule has 1 aromatic heterocycles. The molecule has 0 N–H and O–H groups in total. The topological polar surface area (TPSA) is 8.17 Å². The van der Waals surface area contributed by atoms with Gasteiger partial charge in [0.15, 0.2) is 0 Å². The smallest absolute Gasteiger partial charge is 0.0584 e. The highest BCUT2D eigenvalue weighted by Crippen LogP contribution is 2.54. The highest BCUT2D eigenvalue weighted by Gasteiger charge is 2.40. The van der Waals surface area contributed by atoms with E-state index in [-0.39, 0.29) is 5.41 Å². The van der Waals surface area contributed by atoms with E-state index in [4.69, 9.17) is 0 Å². The van der Waals surface area contributed by atoms with E-state index in [2.05, 4.69) is 206 Å². The van der Waals surface area contributed by atoms with Crippen molar-refractivity contribution >= 4 is 28.0 Å². The second-order valence-electron chi connectivity index (χ2n) is 13.9. The maximum Gasteiger partial charge on any atom is 0.0584 e. The second-order valence-corrected chi connectivity index (χ2v) is 13.9. The second kappa shape index (κ2) is 11.8. The number of aromatic nitrogens is 1. The number of rotatable bonds is 6. The molecule has 0 bridgehead atoms. The predicted octanol–water partition coefficient (Wildman–Crippen LogP) is 13.0. The Morgan fingerprint density at radius 3 is 1.72 bits per heavy atom. The lowest BCUT2D eigenvalue weighted by Gasteiger charge is -2.26. The number of nitrogens with zero attached hydrogens (tertiary/aromatic N) is 2. The number of anilines is 3. The Labute approximate surface area is 294 Å². The molecule has 1 aliphatic rings. The monoisotopic (exact) mass is 642 g/mol. The Bertz CT molecular complexity index is 2490. The van der Waals surface area contributed by atoms with Gasteiger partial charge in [-0.3, -0.25) is 0 Å². The fourth-order valence-corrected chi connectivity index (χ4v) is 8.02. The van der Waals surface area contributed by atoms with E-state index >= 15 is 0 Å². The third kappa shape index (κ3) is 4.87. The van der Waals surface area contributed by atoms with Crippen LogP contribution in [-0.4, -0.2) is 4.57 Å². The molecule has 8 aromatic rings. The SMILES string of the molecule is Cc1cccc(-n2c3c(c4cc(-c5ccc(N(c6ccccc6)c6ccc(-c7ccccc7)cc6)cc5)ccc42)C(C)(C)c2ccccc2-3)c1. The number of benzene rings is 7. The molecule has 0 saturated carbocycles. The first-order chi connectivity index (χ1) is 24.5. The average Bonchev–Trinajstić information content (AvgIpc) is 3.63. The number of hydrogen-bond donors (Lipinski definition) is 0. The van der Waals surface area contributed by atoms with Crippen LogP contribution in [-0.2, 0) is 5.41 Å². The highest BCUT2D eigenvalue weighted by molar-refractivity contribution is 6.01. The summed E-state index contributed by atoms with van der Waals surface area (Å²) in [4.78, 5) is 2.33. The van der Waals surface area contributed by atoms with Gasteiger partial charge in [-0.25, -0.2) is 0 Å². The summed E-state index contributed by atoms with van der Waals surface area (Å²) >= 11 is 0. The molecule has 2 nitrogen and oxygen atoms in total. The first-order valence-electron chi connectivity index (χ1n) is 17.4. The summed E-state index contributed by atoms with van der Waals surface area (Å²) in [5.41, 5.74) is 17.3. The van der Waals surface area contributed by atoms with Gasteiger partial charge in [0.25, 0.3) is 0 Å². The van der Waals surface area contributed by atoms with E-state index in [9.17, 15) is 0 Å². The van der Waals surface area contributed by atoms with Crippen molar-refractivity contribution in [2.24, 2.45) is 0 Å². The van der Waals surface area contributed by atoms with Crippen LogP contribution in [0.15, 0.2) is 176 Å². The van der Waals surface area contributed by atoms with Crippen molar-refractivity contribution in [1.82, 2.24) is 4.57 Å². The highest BCUT2D eigenvalue weighted by atomic mass is 15.1. The Balaban J connectivity index is 1.14. The molecule has 0 aliphatic heterocycles. The Morgan fingerprint density at radius 1 is 0.480 bits per heavy atom. The Morgan fingerprint density at radius 2 is 1.04 bits per heavy atom. The first-order valence-corrected chi connectivity index (χ1v) is 17.4. The van der Waals surface area contributed by atoms with Gasteiger partial charge < -0.3 is 9.47 Å². The first kappa shape index (κ1) is 30.0. The van der Waals surface area contributed by atoms with Crippen molar-refractivity contribution in [3.05, 3.63) is 193 Å². The summed E-state index contributed by atoms with van der Waals surface area (Å²) in [6, 6.07) is 63.9. The summed E-state index contributed by atoms with van der Waals surface area (Å²) in [7, 11) is 0. The van der Waals surface area contributed by atoms with Crippen molar-refractivity contribution < 1.29 is 0 Å². The fourth-order valence-electron chi connectivity index (χ4n) is 8.02. The van der Waals surface area contributed by atoms with Gasteiger partial charge in [0.2, 0.25) is 0 Å². The van der Waals surface area contributed by atoms with Gasteiger partial charge in [0, 0.05) is 39.1 Å². The van der Waals surface area contributed by atoms with Crippen LogP contribution in [0.4, 0.5) is 17.1 Å². The Hall–Kier alpha value is -6.12. The summed E-state index contributed by atoms with van der Waals surface area (Å²) < 4.78 is 2.49. The lowest BCUT2D eigenvalue weighted by molar-refractivity contribution is 0.666. The van der Waals surface area contributed by atoms with E-state index in [1.165, 1.54) is 66.8 Å². The van der Waals surface area contributed by atoms with E-state index in [0.717, 1.165) is 17.1 Å². The third-order valence-corrected chi connectivity index (χ3v) is 10.4. The molecule has 0 radical (unpaired) electrons. The molecular formula is C48H38N2. The predicted molar refractivity (Wildman–Crippen MR) is 211 cm³/mol. The van der Waals surface area contributed by atoms with E-state index in [0.29, 0.717) is 0 Å². The molecule has 0 amide bonds. The minimum absolute atomic E-state index is 0.117. The van der Waals surface area contributed by atoms with Crippen LogP contribution in [0.25, 0.3) is 50.1 Å². The van der Waals surface area contributed by atoms with Crippen LogP contribution in [0.5, 0.6) is 0 Å². The number of fused-ring (bicyclic) bond motifs is 5. The lowest BCUT2D eigenvalue weighted by atomic mass is 9.81. The van der Waals surface area contributed by atoms with Crippen LogP contribution in [0.2, 0.25) is 0 Å². The minimum atomic E-state index is -0.117. The van der Waals surface area contributed by atoms with Crippen molar-refractivity contribution in [2.45, 2.75) is 26.2 Å². The van der Waals surface area contributed by atoms with Crippen molar-refractivity contribution in [1.29, 1.82) is 0 Å². The largest absolute Gasteiger partial charge is 0.311 e. The fraction of sp³-hybridized carbons (Fsp3) is 0.0833. The van der Waals surface area contributed by atoms with Gasteiger partial charge >= 0.3 is 0 Å². The normalized spacial score (nSPS) is 12.9. The number of para-hydroxylation sites is 1. The molecule has 7 aromatic carbocycles. The van der Waals surface area contributed by atoms with Crippen molar-refractivity contribution in [3.63, 3.8) is 0 Å². The van der Waals surface area contributed by atoms with Gasteiger partial charge in [-0.1, -0.05) is 129 Å². The van der Waals surface area contributed by atoms with Crippen LogP contribution < -0.4 is 4.90 Å². The number of aryl methyl sites for hydroxylation is 1. The molecule has 0 saturated heterocycles. The maximum absolute atomic E-state index is 2.49. The molecular weight excluding hydrogens is 605 g/mol. The summed E-state index contributed by atoms with van der Waals surface area (Å²) in [5.74, 6) is 0. The van der Waals surface area contributed by atoms with E-state index in [1.54, 1.807) is 0 Å². The molecule has 50 heavy (non-hydrogen) atoms. The molecule has 240 valence electrons. The maximum atomic E-state index is 2.49. The van der Waals surface area contributed by atoms with Crippen LogP contribution in [0.3, 0.4) is 0 Å². The quantitative estimate of drug-likeness (QED) is 0.175. The van der Waals surface area contributed by atoms with Gasteiger partial charge in [0.1, 0.15) is 0 Å². The molecule has 0 spiro atoms. The van der Waals surface area contributed by atoms with E-state index < -0.39 is 0 Å². The molecule has 0 unspecified atom stereocenters. The molecule has 9 rings (SSSR count). The van der Waals surface area contributed by atoms with E-state index in [1.807, 2.05) is 0 Å². The summed E-state index contributed by atoms with van der Waals surface area (Å²) in [6.07, 6.45) is 0. The average molecular weight is 643 g/mol. The molecule has 2 heteroatoms. The zero-order valence-electron chi connectivity index (χ0n) is 28.6. The zero-order valence-corrected chi connectivity index (χ0v) is 28.6. The molecule has 0 atom stereocenters.